The molecule has 1 aromatic carbocycles. The van der Waals surface area contributed by atoms with Gasteiger partial charge in [-0.3, -0.25) is 9.89 Å². The van der Waals surface area contributed by atoms with E-state index in [1.165, 1.54) is 6.33 Å². The first-order chi connectivity index (χ1) is 9.75. The van der Waals surface area contributed by atoms with Crippen LogP contribution >= 0.6 is 11.6 Å². The normalized spacial score (nSPS) is 10.2. The molecule has 1 aromatic heterocycles. The predicted molar refractivity (Wildman–Crippen MR) is 74.7 cm³/mol. The number of benzene rings is 1. The van der Waals surface area contributed by atoms with Gasteiger partial charge in [-0.2, -0.15) is 5.10 Å². The molecule has 0 aliphatic heterocycles. The topological polar surface area (TPSA) is 79.9 Å². The van der Waals surface area contributed by atoms with Gasteiger partial charge < -0.3 is 10.1 Å². The largest absolute Gasteiger partial charge is 0.491 e. The summed E-state index contributed by atoms with van der Waals surface area (Å²) in [5.41, 5.74) is 0. The summed E-state index contributed by atoms with van der Waals surface area (Å²) in [5, 5.41) is 9.78. The van der Waals surface area contributed by atoms with E-state index in [0.717, 1.165) is 5.82 Å². The first-order valence-corrected chi connectivity index (χ1v) is 6.62. The third-order valence-electron chi connectivity index (χ3n) is 2.57. The van der Waals surface area contributed by atoms with Crippen LogP contribution in [0.5, 0.6) is 5.75 Å². The molecule has 1 heterocycles. The number of para-hydroxylation sites is 1. The van der Waals surface area contributed by atoms with Gasteiger partial charge in [0.05, 0.1) is 18.1 Å². The second kappa shape index (κ2) is 7.49. The van der Waals surface area contributed by atoms with Crippen LogP contribution in [0.15, 0.2) is 30.6 Å². The Labute approximate surface area is 121 Å². The molecule has 0 bridgehead atoms. The number of nitrogens with one attached hydrogen (secondary N) is 2. The summed E-state index contributed by atoms with van der Waals surface area (Å²) < 4.78 is 5.44. The van der Waals surface area contributed by atoms with Crippen molar-refractivity contribution in [2.75, 3.05) is 13.2 Å². The molecule has 0 saturated heterocycles. The van der Waals surface area contributed by atoms with Crippen molar-refractivity contribution >= 4 is 17.5 Å². The van der Waals surface area contributed by atoms with Crippen LogP contribution in [0.3, 0.4) is 0 Å². The summed E-state index contributed by atoms with van der Waals surface area (Å²) in [4.78, 5) is 15.5. The van der Waals surface area contributed by atoms with Crippen molar-refractivity contribution in [2.24, 2.45) is 0 Å². The molecule has 0 atom stereocenters. The molecule has 0 radical (unpaired) electrons. The predicted octanol–water partition coefficient (Wildman–Crippen LogP) is 1.59. The molecule has 7 heteroatoms. The molecule has 20 heavy (non-hydrogen) atoms. The fourth-order valence-corrected chi connectivity index (χ4v) is 1.77. The lowest BCUT2D eigenvalue weighted by molar-refractivity contribution is -0.121. The quantitative estimate of drug-likeness (QED) is 0.812. The van der Waals surface area contributed by atoms with Gasteiger partial charge in [0, 0.05) is 13.0 Å². The van der Waals surface area contributed by atoms with Crippen LogP contribution in [0.4, 0.5) is 0 Å². The maximum Gasteiger partial charge on any atom is 0.223 e. The molecule has 2 aromatic rings. The summed E-state index contributed by atoms with van der Waals surface area (Å²) in [6.45, 7) is 0.804. The van der Waals surface area contributed by atoms with Gasteiger partial charge in [-0.25, -0.2) is 4.98 Å². The van der Waals surface area contributed by atoms with E-state index in [1.807, 2.05) is 12.1 Å². The fourth-order valence-electron chi connectivity index (χ4n) is 1.58. The smallest absolute Gasteiger partial charge is 0.223 e. The van der Waals surface area contributed by atoms with Gasteiger partial charge in [0.1, 0.15) is 17.9 Å². The molecule has 1 amide bonds. The van der Waals surface area contributed by atoms with Gasteiger partial charge in [-0.05, 0) is 12.1 Å². The first kappa shape index (κ1) is 14.3. The Morgan fingerprint density at radius 3 is 3.00 bits per heavy atom. The highest BCUT2D eigenvalue weighted by Crippen LogP contribution is 2.22. The Balaban J connectivity index is 1.62. The number of rotatable bonds is 7. The van der Waals surface area contributed by atoms with E-state index < -0.39 is 0 Å². The zero-order chi connectivity index (χ0) is 14.2. The van der Waals surface area contributed by atoms with Gasteiger partial charge in [0.2, 0.25) is 5.91 Å². The number of hydrogen-bond donors (Lipinski definition) is 2. The molecule has 0 aliphatic carbocycles. The van der Waals surface area contributed by atoms with Crippen LogP contribution in [0.2, 0.25) is 5.02 Å². The molecule has 106 valence electrons. The number of carbonyl (C=O) groups is 1. The second-order valence-electron chi connectivity index (χ2n) is 4.06. The van der Waals surface area contributed by atoms with Crippen molar-refractivity contribution in [2.45, 2.75) is 12.8 Å². The molecule has 2 rings (SSSR count). The number of aromatic nitrogens is 3. The van der Waals surface area contributed by atoms with Crippen LogP contribution in [0, 0.1) is 0 Å². The summed E-state index contributed by atoms with van der Waals surface area (Å²) in [5.74, 6) is 1.26. The van der Waals surface area contributed by atoms with Gasteiger partial charge in [0.25, 0.3) is 0 Å². The zero-order valence-electron chi connectivity index (χ0n) is 10.8. The zero-order valence-corrected chi connectivity index (χ0v) is 11.6. The summed E-state index contributed by atoms with van der Waals surface area (Å²) in [6, 6.07) is 7.17. The van der Waals surface area contributed by atoms with Crippen molar-refractivity contribution in [3.8, 4) is 5.75 Å². The second-order valence-corrected chi connectivity index (χ2v) is 4.47. The number of H-pyrrole nitrogens is 1. The average molecular weight is 295 g/mol. The summed E-state index contributed by atoms with van der Waals surface area (Å²) in [6.07, 6.45) is 2.34. The van der Waals surface area contributed by atoms with E-state index in [-0.39, 0.29) is 18.9 Å². The Bertz CT molecular complexity index is 545. The number of amides is 1. The third kappa shape index (κ3) is 4.55. The minimum absolute atomic E-state index is 0.0726. The van der Waals surface area contributed by atoms with Crippen LogP contribution in [0.1, 0.15) is 12.2 Å². The van der Waals surface area contributed by atoms with E-state index in [0.29, 0.717) is 23.7 Å². The lowest BCUT2D eigenvalue weighted by Gasteiger charge is -2.08. The number of ether oxygens (including phenoxy) is 1. The highest BCUT2D eigenvalue weighted by atomic mass is 35.5. The highest BCUT2D eigenvalue weighted by Gasteiger charge is 2.04. The van der Waals surface area contributed by atoms with Crippen molar-refractivity contribution in [1.29, 1.82) is 0 Å². The number of nitrogens with zero attached hydrogens (tertiary/aromatic N) is 2. The van der Waals surface area contributed by atoms with Crippen LogP contribution < -0.4 is 10.1 Å². The van der Waals surface area contributed by atoms with E-state index >= 15 is 0 Å². The van der Waals surface area contributed by atoms with Crippen LogP contribution in [-0.2, 0) is 11.2 Å². The Hall–Kier alpha value is -2.08. The first-order valence-electron chi connectivity index (χ1n) is 6.24. The minimum atomic E-state index is -0.0726. The van der Waals surface area contributed by atoms with Gasteiger partial charge >= 0.3 is 0 Å². The van der Waals surface area contributed by atoms with Crippen molar-refractivity contribution in [1.82, 2.24) is 20.5 Å². The number of carbonyl (C=O) groups excluding carboxylic acids is 1. The monoisotopic (exact) mass is 294 g/mol. The molecule has 0 aliphatic rings. The molecule has 2 N–H and O–H groups in total. The van der Waals surface area contributed by atoms with Crippen LogP contribution in [0.25, 0.3) is 0 Å². The van der Waals surface area contributed by atoms with E-state index in [1.54, 1.807) is 12.1 Å². The molecular formula is C13H15ClN4O2. The lowest BCUT2D eigenvalue weighted by Crippen LogP contribution is -2.27. The third-order valence-corrected chi connectivity index (χ3v) is 2.88. The SMILES string of the molecule is O=C(CCOc1ccccc1Cl)NCCc1ncn[nH]1. The van der Waals surface area contributed by atoms with E-state index in [2.05, 4.69) is 20.5 Å². The van der Waals surface area contributed by atoms with Gasteiger partial charge in [-0.15, -0.1) is 0 Å². The highest BCUT2D eigenvalue weighted by molar-refractivity contribution is 6.32. The van der Waals surface area contributed by atoms with E-state index in [9.17, 15) is 4.79 Å². The fraction of sp³-hybridized carbons (Fsp3) is 0.308. The molecule has 0 unspecified atom stereocenters. The molecular weight excluding hydrogens is 280 g/mol. The number of hydrogen-bond acceptors (Lipinski definition) is 4. The molecule has 0 saturated carbocycles. The Morgan fingerprint density at radius 2 is 2.25 bits per heavy atom. The van der Waals surface area contributed by atoms with E-state index in [4.69, 9.17) is 16.3 Å². The Morgan fingerprint density at radius 1 is 1.40 bits per heavy atom. The molecule has 6 nitrogen and oxygen atoms in total. The van der Waals surface area contributed by atoms with Crippen molar-refractivity contribution in [3.05, 3.63) is 41.4 Å². The van der Waals surface area contributed by atoms with Gasteiger partial charge in [0.15, 0.2) is 0 Å². The van der Waals surface area contributed by atoms with Crippen molar-refractivity contribution in [3.63, 3.8) is 0 Å². The number of aromatic amines is 1. The lowest BCUT2D eigenvalue weighted by atomic mass is 10.3. The standard InChI is InChI=1S/C13H15ClN4O2/c14-10-3-1-2-4-11(10)20-8-6-13(19)15-7-5-12-16-9-17-18-12/h1-4,9H,5-8H2,(H,15,19)(H,16,17,18). The van der Waals surface area contributed by atoms with Crippen molar-refractivity contribution < 1.29 is 9.53 Å². The minimum Gasteiger partial charge on any atom is -0.491 e. The summed E-state index contributed by atoms with van der Waals surface area (Å²) >= 11 is 5.94. The maximum atomic E-state index is 11.6. The van der Waals surface area contributed by atoms with Gasteiger partial charge in [-0.1, -0.05) is 23.7 Å². The molecule has 0 fully saturated rings. The number of halogens is 1. The summed E-state index contributed by atoms with van der Waals surface area (Å²) in [7, 11) is 0. The van der Waals surface area contributed by atoms with Crippen LogP contribution in [-0.4, -0.2) is 34.2 Å². The Kier molecular flexibility index (Phi) is 5.37. The maximum absolute atomic E-state index is 11.6. The molecule has 0 spiro atoms. The average Bonchev–Trinajstić information content (AvgIpc) is 2.94.